The number of carbonyl (C=O) groups is 1. The molecule has 0 aliphatic carbocycles. The van der Waals surface area contributed by atoms with Crippen molar-refractivity contribution in [3.05, 3.63) is 29.3 Å². The third-order valence-electron chi connectivity index (χ3n) is 3.35. The molecule has 3 heteroatoms. The predicted molar refractivity (Wildman–Crippen MR) is 81.2 cm³/mol. The number of anilines is 1. The summed E-state index contributed by atoms with van der Waals surface area (Å²) in [7, 11) is 0. The molecular weight excluding hydrogens is 236 g/mol. The van der Waals surface area contributed by atoms with E-state index >= 15 is 0 Å². The van der Waals surface area contributed by atoms with Gasteiger partial charge in [0.05, 0.1) is 0 Å². The first-order valence-corrected chi connectivity index (χ1v) is 7.03. The Morgan fingerprint density at radius 1 is 1.21 bits per heavy atom. The van der Waals surface area contributed by atoms with Gasteiger partial charge in [0, 0.05) is 11.6 Å². The minimum Gasteiger partial charge on any atom is -0.330 e. The average molecular weight is 262 g/mol. The van der Waals surface area contributed by atoms with Gasteiger partial charge in [-0.05, 0) is 62.4 Å². The number of rotatable bonds is 6. The molecule has 1 aromatic rings. The van der Waals surface area contributed by atoms with Gasteiger partial charge >= 0.3 is 0 Å². The SMILES string of the molecule is Cc1cc(C)cc(NC(=O)C(CCCN)C(C)C)c1. The van der Waals surface area contributed by atoms with E-state index in [4.69, 9.17) is 5.73 Å². The van der Waals surface area contributed by atoms with Crippen molar-refractivity contribution in [1.29, 1.82) is 0 Å². The van der Waals surface area contributed by atoms with E-state index in [0.29, 0.717) is 12.5 Å². The second kappa shape index (κ2) is 7.29. The zero-order chi connectivity index (χ0) is 14.4. The molecule has 0 heterocycles. The molecule has 0 saturated heterocycles. The topological polar surface area (TPSA) is 55.1 Å². The molecule has 0 saturated carbocycles. The van der Waals surface area contributed by atoms with Gasteiger partial charge in [0.1, 0.15) is 0 Å². The summed E-state index contributed by atoms with van der Waals surface area (Å²) in [4.78, 5) is 12.3. The van der Waals surface area contributed by atoms with Gasteiger partial charge in [-0.15, -0.1) is 0 Å². The molecule has 0 spiro atoms. The van der Waals surface area contributed by atoms with Crippen LogP contribution in [0.2, 0.25) is 0 Å². The Hall–Kier alpha value is -1.35. The Labute approximate surface area is 116 Å². The van der Waals surface area contributed by atoms with Gasteiger partial charge in [-0.2, -0.15) is 0 Å². The van der Waals surface area contributed by atoms with E-state index in [-0.39, 0.29) is 11.8 Å². The second-order valence-corrected chi connectivity index (χ2v) is 5.65. The number of hydrogen-bond donors (Lipinski definition) is 2. The Morgan fingerprint density at radius 2 is 1.79 bits per heavy atom. The van der Waals surface area contributed by atoms with Crippen LogP contribution in [0, 0.1) is 25.7 Å². The normalized spacial score (nSPS) is 12.5. The minimum absolute atomic E-state index is 0.0318. The van der Waals surface area contributed by atoms with Crippen LogP contribution in [0.5, 0.6) is 0 Å². The van der Waals surface area contributed by atoms with Crippen molar-refractivity contribution in [3.63, 3.8) is 0 Å². The molecule has 0 fully saturated rings. The lowest BCUT2D eigenvalue weighted by Crippen LogP contribution is -2.27. The van der Waals surface area contributed by atoms with E-state index in [1.54, 1.807) is 0 Å². The lowest BCUT2D eigenvalue weighted by Gasteiger charge is -2.20. The number of amides is 1. The summed E-state index contributed by atoms with van der Waals surface area (Å²) < 4.78 is 0. The maximum Gasteiger partial charge on any atom is 0.227 e. The molecule has 0 aromatic heterocycles. The minimum atomic E-state index is 0.0318. The third-order valence-corrected chi connectivity index (χ3v) is 3.35. The summed E-state index contributed by atoms with van der Waals surface area (Å²) in [6, 6.07) is 6.11. The fourth-order valence-corrected chi connectivity index (χ4v) is 2.39. The summed E-state index contributed by atoms with van der Waals surface area (Å²) in [5.41, 5.74) is 8.76. The highest BCUT2D eigenvalue weighted by atomic mass is 16.1. The quantitative estimate of drug-likeness (QED) is 0.826. The van der Waals surface area contributed by atoms with Crippen molar-refractivity contribution < 1.29 is 4.79 Å². The molecule has 0 aliphatic heterocycles. The van der Waals surface area contributed by atoms with Gasteiger partial charge in [0.15, 0.2) is 0 Å². The van der Waals surface area contributed by atoms with Crippen LogP contribution < -0.4 is 11.1 Å². The summed E-state index contributed by atoms with van der Waals surface area (Å²) in [6.45, 7) is 8.89. The molecule has 19 heavy (non-hydrogen) atoms. The molecule has 1 aromatic carbocycles. The van der Waals surface area contributed by atoms with Crippen molar-refractivity contribution in [2.75, 3.05) is 11.9 Å². The van der Waals surface area contributed by atoms with Crippen molar-refractivity contribution >= 4 is 11.6 Å². The summed E-state index contributed by atoms with van der Waals surface area (Å²) in [5.74, 6) is 0.468. The van der Waals surface area contributed by atoms with E-state index in [1.165, 1.54) is 11.1 Å². The third kappa shape index (κ3) is 5.03. The molecule has 0 bridgehead atoms. The molecular formula is C16H26N2O. The first kappa shape index (κ1) is 15.7. The molecule has 1 unspecified atom stereocenters. The maximum absolute atomic E-state index is 12.3. The lowest BCUT2D eigenvalue weighted by molar-refractivity contribution is -0.121. The zero-order valence-electron chi connectivity index (χ0n) is 12.5. The number of hydrogen-bond acceptors (Lipinski definition) is 2. The second-order valence-electron chi connectivity index (χ2n) is 5.65. The monoisotopic (exact) mass is 262 g/mol. The van der Waals surface area contributed by atoms with Gasteiger partial charge in [0.2, 0.25) is 5.91 Å². The number of nitrogens with two attached hydrogens (primary N) is 1. The van der Waals surface area contributed by atoms with Gasteiger partial charge in [-0.25, -0.2) is 0 Å². The summed E-state index contributed by atoms with van der Waals surface area (Å²) in [5, 5.41) is 3.03. The first-order chi connectivity index (χ1) is 8.93. The van der Waals surface area contributed by atoms with Crippen molar-refractivity contribution in [2.24, 2.45) is 17.6 Å². The summed E-state index contributed by atoms with van der Waals surface area (Å²) in [6.07, 6.45) is 1.74. The number of aryl methyl sites for hydroxylation is 2. The fraction of sp³-hybridized carbons (Fsp3) is 0.562. The van der Waals surface area contributed by atoms with E-state index in [2.05, 4.69) is 25.2 Å². The van der Waals surface area contributed by atoms with E-state index < -0.39 is 0 Å². The highest BCUT2D eigenvalue weighted by Gasteiger charge is 2.21. The van der Waals surface area contributed by atoms with Gasteiger partial charge in [-0.1, -0.05) is 19.9 Å². The van der Waals surface area contributed by atoms with Gasteiger partial charge < -0.3 is 11.1 Å². The molecule has 1 amide bonds. The van der Waals surface area contributed by atoms with Crippen LogP contribution >= 0.6 is 0 Å². The molecule has 3 nitrogen and oxygen atoms in total. The molecule has 0 radical (unpaired) electrons. The van der Waals surface area contributed by atoms with E-state index in [0.717, 1.165) is 18.5 Å². The standard InChI is InChI=1S/C16H26N2O/c1-11(2)15(6-5-7-17)16(19)18-14-9-12(3)8-13(4)10-14/h8-11,15H,5-7,17H2,1-4H3,(H,18,19). The van der Waals surface area contributed by atoms with E-state index in [9.17, 15) is 4.79 Å². The van der Waals surface area contributed by atoms with Crippen LogP contribution in [0.15, 0.2) is 18.2 Å². The zero-order valence-corrected chi connectivity index (χ0v) is 12.5. The Balaban J connectivity index is 2.75. The lowest BCUT2D eigenvalue weighted by atomic mass is 9.90. The van der Waals surface area contributed by atoms with Crippen LogP contribution in [0.4, 0.5) is 5.69 Å². The smallest absolute Gasteiger partial charge is 0.227 e. The molecule has 106 valence electrons. The number of nitrogens with one attached hydrogen (secondary N) is 1. The number of benzene rings is 1. The van der Waals surface area contributed by atoms with Crippen LogP contribution in [0.1, 0.15) is 37.8 Å². The fourth-order valence-electron chi connectivity index (χ4n) is 2.39. The van der Waals surface area contributed by atoms with Crippen LogP contribution in [-0.4, -0.2) is 12.5 Å². The highest BCUT2D eigenvalue weighted by molar-refractivity contribution is 5.92. The number of carbonyl (C=O) groups excluding carboxylic acids is 1. The first-order valence-electron chi connectivity index (χ1n) is 7.03. The predicted octanol–water partition coefficient (Wildman–Crippen LogP) is 3.25. The molecule has 1 rings (SSSR count). The van der Waals surface area contributed by atoms with E-state index in [1.807, 2.05) is 26.0 Å². The highest BCUT2D eigenvalue weighted by Crippen LogP contribution is 2.21. The van der Waals surface area contributed by atoms with Gasteiger partial charge in [-0.3, -0.25) is 4.79 Å². The molecule has 1 atom stereocenters. The van der Waals surface area contributed by atoms with Crippen molar-refractivity contribution in [1.82, 2.24) is 0 Å². The maximum atomic E-state index is 12.3. The van der Waals surface area contributed by atoms with Gasteiger partial charge in [0.25, 0.3) is 0 Å². The van der Waals surface area contributed by atoms with Crippen molar-refractivity contribution in [3.8, 4) is 0 Å². The molecule has 3 N–H and O–H groups in total. The molecule has 0 aliphatic rings. The Kier molecular flexibility index (Phi) is 6.03. The van der Waals surface area contributed by atoms with Crippen molar-refractivity contribution in [2.45, 2.75) is 40.5 Å². The average Bonchev–Trinajstić information content (AvgIpc) is 2.27. The van der Waals surface area contributed by atoms with Crippen LogP contribution in [-0.2, 0) is 4.79 Å². The summed E-state index contributed by atoms with van der Waals surface area (Å²) >= 11 is 0. The largest absolute Gasteiger partial charge is 0.330 e. The Bertz CT molecular complexity index is 407. The van der Waals surface area contributed by atoms with Crippen LogP contribution in [0.3, 0.4) is 0 Å². The Morgan fingerprint density at radius 3 is 2.26 bits per heavy atom. The van der Waals surface area contributed by atoms with Crippen LogP contribution in [0.25, 0.3) is 0 Å².